The second-order valence-electron chi connectivity index (χ2n) is 3.33. The largest absolute Gasteiger partial charge is 0.299 e. The standard InChI is InChI=1S/C10H11BrFN/c11-9-3-1-4-10(12)8(9)7-13-5-2-6-13/h1,3-4H,2,5-7H2. The average Bonchev–Trinajstić information content (AvgIpc) is 2.00. The van der Waals surface area contributed by atoms with Gasteiger partial charge in [0.1, 0.15) is 5.82 Å². The van der Waals surface area contributed by atoms with Gasteiger partial charge < -0.3 is 0 Å². The second-order valence-corrected chi connectivity index (χ2v) is 4.18. The van der Waals surface area contributed by atoms with Gasteiger partial charge in [0, 0.05) is 16.6 Å². The highest BCUT2D eigenvalue weighted by molar-refractivity contribution is 9.10. The van der Waals surface area contributed by atoms with Crippen LogP contribution in [0.2, 0.25) is 0 Å². The van der Waals surface area contributed by atoms with E-state index >= 15 is 0 Å². The van der Waals surface area contributed by atoms with E-state index in [4.69, 9.17) is 0 Å². The maximum atomic E-state index is 13.3. The van der Waals surface area contributed by atoms with E-state index in [9.17, 15) is 4.39 Å². The molecule has 1 aliphatic rings. The van der Waals surface area contributed by atoms with Crippen molar-refractivity contribution in [3.05, 3.63) is 34.1 Å². The summed E-state index contributed by atoms with van der Waals surface area (Å²) in [6, 6.07) is 5.12. The van der Waals surface area contributed by atoms with E-state index in [-0.39, 0.29) is 5.82 Å². The third-order valence-electron chi connectivity index (χ3n) is 2.39. The number of likely N-dealkylation sites (tertiary alicyclic amines) is 1. The molecule has 1 nitrogen and oxygen atoms in total. The molecule has 0 bridgehead atoms. The Balaban J connectivity index is 2.17. The summed E-state index contributed by atoms with van der Waals surface area (Å²) in [6.07, 6.45) is 1.24. The molecule has 0 radical (unpaired) electrons. The van der Waals surface area contributed by atoms with Gasteiger partial charge in [-0.1, -0.05) is 22.0 Å². The minimum absolute atomic E-state index is 0.110. The smallest absolute Gasteiger partial charge is 0.128 e. The summed E-state index contributed by atoms with van der Waals surface area (Å²) in [5.41, 5.74) is 0.780. The number of nitrogens with zero attached hydrogens (tertiary/aromatic N) is 1. The van der Waals surface area contributed by atoms with Gasteiger partial charge in [-0.15, -0.1) is 0 Å². The van der Waals surface area contributed by atoms with Crippen LogP contribution in [0.4, 0.5) is 4.39 Å². The molecule has 0 unspecified atom stereocenters. The molecule has 0 spiro atoms. The fourth-order valence-electron chi connectivity index (χ4n) is 1.45. The van der Waals surface area contributed by atoms with Gasteiger partial charge in [-0.05, 0) is 31.6 Å². The predicted molar refractivity (Wildman–Crippen MR) is 54.0 cm³/mol. The third kappa shape index (κ3) is 1.92. The lowest BCUT2D eigenvalue weighted by Gasteiger charge is -2.31. The molecule has 0 aromatic heterocycles. The summed E-state index contributed by atoms with van der Waals surface area (Å²) in [7, 11) is 0. The second kappa shape index (κ2) is 3.76. The molecule has 1 heterocycles. The third-order valence-corrected chi connectivity index (χ3v) is 3.14. The van der Waals surface area contributed by atoms with Gasteiger partial charge in [-0.2, -0.15) is 0 Å². The van der Waals surface area contributed by atoms with Crippen molar-refractivity contribution in [1.82, 2.24) is 4.90 Å². The molecular weight excluding hydrogens is 233 g/mol. The van der Waals surface area contributed by atoms with Gasteiger partial charge in [0.2, 0.25) is 0 Å². The van der Waals surface area contributed by atoms with Crippen LogP contribution in [0.25, 0.3) is 0 Å². The van der Waals surface area contributed by atoms with E-state index in [0.717, 1.165) is 29.7 Å². The predicted octanol–water partition coefficient (Wildman–Crippen LogP) is 2.79. The van der Waals surface area contributed by atoms with E-state index in [0.29, 0.717) is 0 Å². The summed E-state index contributed by atoms with van der Waals surface area (Å²) >= 11 is 3.36. The van der Waals surface area contributed by atoms with Gasteiger partial charge >= 0.3 is 0 Å². The maximum absolute atomic E-state index is 13.3. The Kier molecular flexibility index (Phi) is 2.65. The van der Waals surface area contributed by atoms with Crippen molar-refractivity contribution in [3.8, 4) is 0 Å². The van der Waals surface area contributed by atoms with Gasteiger partial charge in [0.15, 0.2) is 0 Å². The Morgan fingerprint density at radius 3 is 2.69 bits per heavy atom. The zero-order valence-electron chi connectivity index (χ0n) is 7.26. The number of hydrogen-bond donors (Lipinski definition) is 0. The zero-order chi connectivity index (χ0) is 9.26. The van der Waals surface area contributed by atoms with Crippen molar-refractivity contribution >= 4 is 15.9 Å². The summed E-state index contributed by atoms with van der Waals surface area (Å²) in [4.78, 5) is 2.24. The minimum atomic E-state index is -0.110. The SMILES string of the molecule is Fc1cccc(Br)c1CN1CCC1. The molecule has 1 aromatic carbocycles. The van der Waals surface area contributed by atoms with Crippen LogP contribution in [0.15, 0.2) is 22.7 Å². The van der Waals surface area contributed by atoms with E-state index in [2.05, 4.69) is 20.8 Å². The van der Waals surface area contributed by atoms with Crippen molar-refractivity contribution in [1.29, 1.82) is 0 Å². The highest BCUT2D eigenvalue weighted by Gasteiger charge is 2.17. The molecule has 0 N–H and O–H groups in total. The number of rotatable bonds is 2. The molecule has 0 atom stereocenters. The molecule has 3 heteroatoms. The van der Waals surface area contributed by atoms with Crippen molar-refractivity contribution < 1.29 is 4.39 Å². The Morgan fingerprint density at radius 1 is 1.38 bits per heavy atom. The Bertz CT molecular complexity index is 290. The van der Waals surface area contributed by atoms with Gasteiger partial charge in [0.25, 0.3) is 0 Å². The van der Waals surface area contributed by atoms with Crippen LogP contribution in [0.5, 0.6) is 0 Å². The molecule has 1 aliphatic heterocycles. The van der Waals surface area contributed by atoms with E-state index in [1.165, 1.54) is 12.5 Å². The summed E-state index contributed by atoms with van der Waals surface area (Å²) < 4.78 is 14.2. The quantitative estimate of drug-likeness (QED) is 0.773. The summed E-state index contributed by atoms with van der Waals surface area (Å²) in [6.45, 7) is 2.93. The van der Waals surface area contributed by atoms with Crippen LogP contribution >= 0.6 is 15.9 Å². The lowest BCUT2D eigenvalue weighted by atomic mass is 10.1. The molecule has 2 rings (SSSR count). The minimum Gasteiger partial charge on any atom is -0.299 e. The first-order valence-electron chi connectivity index (χ1n) is 4.42. The fraction of sp³-hybridized carbons (Fsp3) is 0.400. The molecule has 13 heavy (non-hydrogen) atoms. The lowest BCUT2D eigenvalue weighted by Crippen LogP contribution is -2.36. The lowest BCUT2D eigenvalue weighted by molar-refractivity contribution is 0.170. The van der Waals surface area contributed by atoms with Crippen LogP contribution in [0.3, 0.4) is 0 Å². The molecule has 0 saturated carbocycles. The van der Waals surface area contributed by atoms with E-state index < -0.39 is 0 Å². The molecule has 1 fully saturated rings. The molecular formula is C10H11BrFN. The molecule has 1 aromatic rings. The first-order valence-corrected chi connectivity index (χ1v) is 5.22. The normalized spacial score (nSPS) is 17.1. The van der Waals surface area contributed by atoms with Crippen molar-refractivity contribution in [2.45, 2.75) is 13.0 Å². The Morgan fingerprint density at radius 2 is 2.15 bits per heavy atom. The molecule has 0 aliphatic carbocycles. The average molecular weight is 244 g/mol. The van der Waals surface area contributed by atoms with Crippen molar-refractivity contribution in [2.75, 3.05) is 13.1 Å². The Hall–Kier alpha value is -0.410. The Labute approximate surface area is 85.7 Å². The number of benzene rings is 1. The first kappa shape index (κ1) is 9.16. The molecule has 1 saturated heterocycles. The summed E-state index contributed by atoms with van der Waals surface area (Å²) in [5.74, 6) is -0.110. The maximum Gasteiger partial charge on any atom is 0.128 e. The molecule has 0 amide bonds. The zero-order valence-corrected chi connectivity index (χ0v) is 8.85. The van der Waals surface area contributed by atoms with E-state index in [1.807, 2.05) is 6.07 Å². The number of halogens is 2. The van der Waals surface area contributed by atoms with Crippen molar-refractivity contribution in [2.24, 2.45) is 0 Å². The first-order chi connectivity index (χ1) is 6.27. The van der Waals surface area contributed by atoms with Crippen LogP contribution in [-0.2, 0) is 6.54 Å². The van der Waals surface area contributed by atoms with Crippen molar-refractivity contribution in [3.63, 3.8) is 0 Å². The fourth-order valence-corrected chi connectivity index (χ4v) is 1.91. The topological polar surface area (TPSA) is 3.24 Å². The van der Waals surface area contributed by atoms with E-state index in [1.54, 1.807) is 6.07 Å². The van der Waals surface area contributed by atoms with Crippen LogP contribution in [-0.4, -0.2) is 18.0 Å². The number of hydrogen-bond acceptors (Lipinski definition) is 1. The monoisotopic (exact) mass is 243 g/mol. The highest BCUT2D eigenvalue weighted by Crippen LogP contribution is 2.23. The van der Waals surface area contributed by atoms with Gasteiger partial charge in [-0.25, -0.2) is 4.39 Å². The van der Waals surface area contributed by atoms with Crippen LogP contribution < -0.4 is 0 Å². The van der Waals surface area contributed by atoms with Gasteiger partial charge in [0.05, 0.1) is 0 Å². The van der Waals surface area contributed by atoms with Gasteiger partial charge in [-0.3, -0.25) is 4.90 Å². The van der Waals surface area contributed by atoms with Crippen LogP contribution in [0, 0.1) is 5.82 Å². The molecule has 70 valence electrons. The summed E-state index contributed by atoms with van der Waals surface area (Å²) in [5, 5.41) is 0. The highest BCUT2D eigenvalue weighted by atomic mass is 79.9. The van der Waals surface area contributed by atoms with Crippen LogP contribution in [0.1, 0.15) is 12.0 Å².